The number of methoxy groups -OCH3 is 1. The summed E-state index contributed by atoms with van der Waals surface area (Å²) in [5.74, 6) is 9.38. The highest BCUT2D eigenvalue weighted by atomic mass is 28.4. The van der Waals surface area contributed by atoms with Gasteiger partial charge >= 0.3 is 5.97 Å². The van der Waals surface area contributed by atoms with E-state index in [9.17, 15) is 9.90 Å². The standard InChI is InChI=1S/C54H72O9Si2/c1-12-33-54(56)42(32-36-52(40-59-49(55)50(5,6)7,63-64(13-2,14-3)15-4)47-39-60-53(61-47)34-22-23-35-53)37-46(48(54)58-38-41-28-30-43(57-11)31-29-41)62-65(51(8,9)10,44-24-18-16-19-25-44)45-26-20-17-21-27-45/h1,16-21,24-31,37,46-48,56H,13-15,22-23,33-35,38-40H2,2-11H3/t46-,47-,48+,52+,54-/m1/s1. The molecule has 0 aromatic heterocycles. The number of terminal acetylenes is 1. The summed E-state index contributed by atoms with van der Waals surface area (Å²) >= 11 is 0. The second-order valence-electron chi connectivity index (χ2n) is 20.1. The Labute approximate surface area is 391 Å². The third-order valence-corrected chi connectivity index (χ3v) is 23.5. The van der Waals surface area contributed by atoms with Crippen molar-refractivity contribution in [1.82, 2.24) is 0 Å². The molecule has 0 bridgehead atoms. The first kappa shape index (κ1) is 50.4. The van der Waals surface area contributed by atoms with Crippen molar-refractivity contribution in [2.75, 3.05) is 20.3 Å². The minimum Gasteiger partial charge on any atom is -0.497 e. The van der Waals surface area contributed by atoms with Gasteiger partial charge in [-0.2, -0.15) is 0 Å². The van der Waals surface area contributed by atoms with Gasteiger partial charge in [-0.15, -0.1) is 12.3 Å². The third-order valence-electron chi connectivity index (χ3n) is 13.8. The number of hydrogen-bond donors (Lipinski definition) is 1. The van der Waals surface area contributed by atoms with E-state index in [1.54, 1.807) is 7.11 Å². The zero-order valence-electron chi connectivity index (χ0n) is 40.5. The normalized spacial score (nSPS) is 23.0. The Morgan fingerprint density at radius 2 is 1.46 bits per heavy atom. The molecule has 1 N–H and O–H groups in total. The molecule has 1 spiro atoms. The number of hydrogen-bond acceptors (Lipinski definition) is 9. The van der Waals surface area contributed by atoms with Crippen LogP contribution in [0.25, 0.3) is 0 Å². The maximum Gasteiger partial charge on any atom is 0.311 e. The van der Waals surface area contributed by atoms with Crippen LogP contribution in [0.4, 0.5) is 0 Å². The van der Waals surface area contributed by atoms with Crippen LogP contribution in [0.1, 0.15) is 100.0 Å². The van der Waals surface area contributed by atoms with Crippen LogP contribution in [0.2, 0.25) is 23.2 Å². The first-order valence-corrected chi connectivity index (χ1v) is 28.0. The SMILES string of the molecule is C#CC[C@@]1(O)C(C#C[C@@](COC(=O)C(C)(C)C)(O[Si](CC)(CC)CC)[C@H]2COC3(CCCC3)O2)=C[C@@H](O[Si](c2ccccc2)(c2ccccc2)C(C)(C)C)[C@@H]1OCc1ccc(OC)cc1. The molecule has 0 amide bonds. The molecule has 5 atom stereocenters. The fraction of sp³-hybridized carbons (Fsp3) is 0.537. The maximum atomic E-state index is 13.7. The largest absolute Gasteiger partial charge is 0.497 e. The predicted molar refractivity (Wildman–Crippen MR) is 262 cm³/mol. The molecule has 9 nitrogen and oxygen atoms in total. The molecular formula is C54H72O9Si2. The summed E-state index contributed by atoms with van der Waals surface area (Å²) in [5.41, 5.74) is -2.80. The topological polar surface area (TPSA) is 102 Å². The van der Waals surface area contributed by atoms with E-state index < -0.39 is 62.4 Å². The summed E-state index contributed by atoms with van der Waals surface area (Å²) in [6.45, 7) is 18.8. The van der Waals surface area contributed by atoms with Gasteiger partial charge in [-0.25, -0.2) is 0 Å². The Morgan fingerprint density at radius 1 is 0.877 bits per heavy atom. The van der Waals surface area contributed by atoms with Crippen LogP contribution in [0, 0.1) is 29.6 Å². The Balaban J connectivity index is 1.57. The van der Waals surface area contributed by atoms with Crippen LogP contribution >= 0.6 is 0 Å². The second kappa shape index (κ2) is 20.5. The third kappa shape index (κ3) is 10.6. The van der Waals surface area contributed by atoms with Crippen molar-refractivity contribution in [3.8, 4) is 29.9 Å². The smallest absolute Gasteiger partial charge is 0.311 e. The molecule has 3 aromatic rings. The van der Waals surface area contributed by atoms with Crippen LogP contribution in [0.15, 0.2) is 96.6 Å². The molecule has 0 unspecified atom stereocenters. The summed E-state index contributed by atoms with van der Waals surface area (Å²) in [4.78, 5) is 13.7. The Kier molecular flexibility index (Phi) is 15.9. The lowest BCUT2D eigenvalue weighted by Crippen LogP contribution is -2.68. The molecule has 1 aliphatic heterocycles. The summed E-state index contributed by atoms with van der Waals surface area (Å²) in [7, 11) is -4.14. The predicted octanol–water partition coefficient (Wildman–Crippen LogP) is 9.26. The molecule has 350 valence electrons. The van der Waals surface area contributed by atoms with Crippen LogP contribution in [-0.2, 0) is 39.2 Å². The van der Waals surface area contributed by atoms with E-state index in [1.807, 2.05) is 87.5 Å². The summed E-state index contributed by atoms with van der Waals surface area (Å²) in [6.07, 6.45) is 8.99. The molecule has 11 heteroatoms. The number of benzene rings is 3. The second-order valence-corrected chi connectivity index (χ2v) is 29.0. The lowest BCUT2D eigenvalue weighted by Gasteiger charge is -2.46. The zero-order chi connectivity index (χ0) is 47.2. The van der Waals surface area contributed by atoms with Gasteiger partial charge < -0.3 is 37.6 Å². The van der Waals surface area contributed by atoms with Gasteiger partial charge in [0.05, 0.1) is 31.8 Å². The molecule has 2 aliphatic carbocycles. The van der Waals surface area contributed by atoms with E-state index in [1.165, 1.54) is 0 Å². The Bertz CT molecular complexity index is 2140. The van der Waals surface area contributed by atoms with Crippen LogP contribution in [-0.4, -0.2) is 83.3 Å². The average Bonchev–Trinajstić information content (AvgIpc) is 4.02. The van der Waals surface area contributed by atoms with E-state index >= 15 is 0 Å². The van der Waals surface area contributed by atoms with Crippen LogP contribution < -0.4 is 15.1 Å². The van der Waals surface area contributed by atoms with Crippen molar-refractivity contribution in [3.63, 3.8) is 0 Å². The number of ether oxygens (including phenoxy) is 5. The quantitative estimate of drug-likeness (QED) is 0.0807. The Morgan fingerprint density at radius 3 is 1.97 bits per heavy atom. The van der Waals surface area contributed by atoms with Gasteiger partial charge in [-0.05, 0) is 90.9 Å². The van der Waals surface area contributed by atoms with Crippen LogP contribution in [0.3, 0.4) is 0 Å². The van der Waals surface area contributed by atoms with Gasteiger partial charge in [0.1, 0.15) is 30.2 Å². The first-order chi connectivity index (χ1) is 30.9. The molecule has 1 saturated heterocycles. The molecule has 65 heavy (non-hydrogen) atoms. The molecule has 3 aliphatic rings. The summed E-state index contributed by atoms with van der Waals surface area (Å²) in [6, 6.07) is 30.9. The zero-order valence-corrected chi connectivity index (χ0v) is 42.5. The maximum absolute atomic E-state index is 13.7. The summed E-state index contributed by atoms with van der Waals surface area (Å²) < 4.78 is 47.3. The Hall–Kier alpha value is -4.02. The van der Waals surface area contributed by atoms with E-state index in [2.05, 4.69) is 83.6 Å². The monoisotopic (exact) mass is 920 g/mol. The van der Waals surface area contributed by atoms with Crippen molar-refractivity contribution < 1.29 is 42.4 Å². The molecule has 2 fully saturated rings. The molecule has 1 saturated carbocycles. The highest BCUT2D eigenvalue weighted by Gasteiger charge is 2.59. The van der Waals surface area contributed by atoms with E-state index in [0.29, 0.717) is 5.57 Å². The lowest BCUT2D eigenvalue weighted by molar-refractivity contribution is -0.186. The fourth-order valence-corrected chi connectivity index (χ4v) is 17.2. The highest BCUT2D eigenvalue weighted by Crippen LogP contribution is 2.46. The van der Waals surface area contributed by atoms with E-state index in [4.69, 9.17) is 39.0 Å². The van der Waals surface area contributed by atoms with Gasteiger partial charge in [0.2, 0.25) is 0 Å². The van der Waals surface area contributed by atoms with Crippen molar-refractivity contribution in [2.24, 2.45) is 5.41 Å². The molecule has 3 aromatic carbocycles. The van der Waals surface area contributed by atoms with E-state index in [-0.39, 0.29) is 32.2 Å². The summed E-state index contributed by atoms with van der Waals surface area (Å²) in [5, 5.41) is 15.1. The van der Waals surface area contributed by atoms with Gasteiger partial charge in [-0.1, -0.05) is 126 Å². The fourth-order valence-electron chi connectivity index (χ4n) is 9.66. The minimum absolute atomic E-state index is 0.113. The van der Waals surface area contributed by atoms with Crippen molar-refractivity contribution in [2.45, 2.75) is 159 Å². The molecule has 0 radical (unpaired) electrons. The number of esters is 1. The van der Waals surface area contributed by atoms with Gasteiger partial charge in [0.15, 0.2) is 19.7 Å². The number of aliphatic hydroxyl groups is 1. The molecule has 1 heterocycles. The highest BCUT2D eigenvalue weighted by molar-refractivity contribution is 6.99. The van der Waals surface area contributed by atoms with Gasteiger partial charge in [0.25, 0.3) is 8.32 Å². The van der Waals surface area contributed by atoms with Crippen molar-refractivity contribution in [1.29, 1.82) is 0 Å². The molecular weight excluding hydrogens is 849 g/mol. The van der Waals surface area contributed by atoms with Gasteiger partial charge in [0, 0.05) is 24.8 Å². The first-order valence-electron chi connectivity index (χ1n) is 23.5. The number of rotatable bonds is 17. The average molecular weight is 921 g/mol. The van der Waals surface area contributed by atoms with Crippen molar-refractivity contribution >= 4 is 33.0 Å². The number of carbonyl (C=O) groups is 1. The van der Waals surface area contributed by atoms with E-state index in [0.717, 1.165) is 65.5 Å². The minimum atomic E-state index is -3.25. The van der Waals surface area contributed by atoms with Crippen molar-refractivity contribution in [3.05, 3.63) is 102 Å². The van der Waals surface area contributed by atoms with Crippen LogP contribution in [0.5, 0.6) is 5.75 Å². The number of carbonyl (C=O) groups excluding carboxylic acids is 1. The van der Waals surface area contributed by atoms with Gasteiger partial charge in [-0.3, -0.25) is 4.79 Å². The lowest BCUT2D eigenvalue weighted by atomic mass is 9.88. The molecule has 6 rings (SSSR count).